The number of carbonyl (C=O) groups is 1. The van der Waals surface area contributed by atoms with Crippen molar-refractivity contribution in [3.63, 3.8) is 0 Å². The summed E-state index contributed by atoms with van der Waals surface area (Å²) in [6, 6.07) is 17.5. The van der Waals surface area contributed by atoms with Crippen molar-refractivity contribution >= 4 is 11.6 Å². The molecule has 42 heavy (non-hydrogen) atoms. The number of aliphatic hydroxyl groups excluding tert-OH is 5. The number of ether oxygens (including phenoxy) is 1. The Morgan fingerprint density at radius 1 is 0.929 bits per heavy atom. The molecule has 10 heteroatoms. The molecule has 3 aromatic carbocycles. The van der Waals surface area contributed by atoms with Crippen molar-refractivity contribution in [3.05, 3.63) is 94.8 Å². The van der Waals surface area contributed by atoms with E-state index in [1.165, 1.54) is 30.3 Å². The van der Waals surface area contributed by atoms with Gasteiger partial charge in [-0.3, -0.25) is 4.79 Å². The van der Waals surface area contributed by atoms with Crippen molar-refractivity contribution < 1.29 is 44.6 Å². The Labute approximate surface area is 243 Å². The Morgan fingerprint density at radius 3 is 2.24 bits per heavy atom. The lowest BCUT2D eigenvalue weighted by atomic mass is 9.77. The van der Waals surface area contributed by atoms with Crippen LogP contribution in [0.5, 0.6) is 5.75 Å². The van der Waals surface area contributed by atoms with Gasteiger partial charge in [0.2, 0.25) is 5.91 Å². The lowest BCUT2D eigenvalue weighted by molar-refractivity contribution is -0.228. The normalized spacial score (nSPS) is 28.4. The van der Waals surface area contributed by atoms with Gasteiger partial charge in [-0.25, -0.2) is 4.39 Å². The Bertz CT molecular complexity index is 1380. The van der Waals surface area contributed by atoms with Gasteiger partial charge in [-0.2, -0.15) is 0 Å². The number of rotatable bonds is 9. The summed E-state index contributed by atoms with van der Waals surface area (Å²) >= 11 is 0. The smallest absolute Gasteiger partial charge is 0.233 e. The van der Waals surface area contributed by atoms with Crippen LogP contribution in [0.2, 0.25) is 0 Å². The molecule has 2 heterocycles. The number of aliphatic hydroxyl groups is 5. The highest BCUT2D eigenvalue weighted by molar-refractivity contribution is 6.03. The molecule has 9 nitrogen and oxygen atoms in total. The predicted octanol–water partition coefficient (Wildman–Crippen LogP) is 2.44. The third kappa shape index (κ3) is 5.92. The average molecular weight is 582 g/mol. The third-order valence-corrected chi connectivity index (χ3v) is 8.37. The molecule has 1 amide bonds. The molecule has 2 aliphatic rings. The maximum absolute atomic E-state index is 13.4. The van der Waals surface area contributed by atoms with Crippen molar-refractivity contribution in [3.8, 4) is 5.75 Å². The number of aromatic hydroxyl groups is 1. The second kappa shape index (κ2) is 12.5. The van der Waals surface area contributed by atoms with Gasteiger partial charge in [0.05, 0.1) is 30.8 Å². The largest absolute Gasteiger partial charge is 0.508 e. The Balaban J connectivity index is 1.37. The number of anilines is 1. The number of carbonyl (C=O) groups excluding carboxylic acids is 1. The van der Waals surface area contributed by atoms with Crippen molar-refractivity contribution in [1.82, 2.24) is 0 Å². The van der Waals surface area contributed by atoms with Gasteiger partial charge in [-0.05, 0) is 61.2 Å². The van der Waals surface area contributed by atoms with Crippen LogP contribution in [-0.2, 0) is 16.0 Å². The second-order valence-electron chi connectivity index (χ2n) is 11.2. The first-order chi connectivity index (χ1) is 20.1. The van der Waals surface area contributed by atoms with Gasteiger partial charge in [0, 0.05) is 17.7 Å². The van der Waals surface area contributed by atoms with E-state index in [1.54, 1.807) is 17.0 Å². The Kier molecular flexibility index (Phi) is 8.93. The number of aryl methyl sites for hydroxylation is 1. The molecule has 0 radical (unpaired) electrons. The maximum atomic E-state index is 13.4. The van der Waals surface area contributed by atoms with Crippen molar-refractivity contribution in [1.29, 1.82) is 0 Å². The van der Waals surface area contributed by atoms with Gasteiger partial charge in [0.25, 0.3) is 0 Å². The van der Waals surface area contributed by atoms with Crippen molar-refractivity contribution in [2.45, 2.75) is 68.9 Å². The molecule has 0 aromatic heterocycles. The summed E-state index contributed by atoms with van der Waals surface area (Å²) in [4.78, 5) is 15.0. The number of nitrogens with zero attached hydrogens (tertiary/aromatic N) is 1. The van der Waals surface area contributed by atoms with Gasteiger partial charge < -0.3 is 40.3 Å². The first kappa shape index (κ1) is 30.1. The lowest BCUT2D eigenvalue weighted by Gasteiger charge is -2.48. The van der Waals surface area contributed by atoms with Crippen LogP contribution in [-0.4, -0.2) is 73.7 Å². The van der Waals surface area contributed by atoms with Crippen LogP contribution in [0.15, 0.2) is 66.7 Å². The molecule has 3 aromatic rings. The summed E-state index contributed by atoms with van der Waals surface area (Å²) in [5, 5.41) is 61.9. The minimum atomic E-state index is -1.50. The van der Waals surface area contributed by atoms with Crippen molar-refractivity contribution in [2.75, 3.05) is 11.5 Å². The fourth-order valence-electron chi connectivity index (χ4n) is 5.91. The molecule has 6 N–H and O–H groups in total. The molecule has 0 saturated carbocycles. The maximum Gasteiger partial charge on any atom is 0.233 e. The number of hydrogen-bond donors (Lipinski definition) is 6. The quantitative estimate of drug-likeness (QED) is 0.211. The number of β-lactam (4-membered cyclic amide) rings is 1. The first-order valence-corrected chi connectivity index (χ1v) is 14.0. The van der Waals surface area contributed by atoms with E-state index in [0.29, 0.717) is 28.8 Å². The molecule has 2 saturated heterocycles. The number of amides is 1. The summed E-state index contributed by atoms with van der Waals surface area (Å²) in [6.45, 7) is 1.41. The van der Waals surface area contributed by atoms with Crippen LogP contribution in [0.25, 0.3) is 0 Å². The molecule has 3 unspecified atom stereocenters. The first-order valence-electron chi connectivity index (χ1n) is 14.0. The molecular weight excluding hydrogens is 545 g/mol. The summed E-state index contributed by atoms with van der Waals surface area (Å²) in [7, 11) is 0. The van der Waals surface area contributed by atoms with Gasteiger partial charge in [-0.15, -0.1) is 0 Å². The summed E-state index contributed by atoms with van der Waals surface area (Å²) in [5.41, 5.74) is 3.35. The van der Waals surface area contributed by atoms with E-state index in [2.05, 4.69) is 0 Å². The van der Waals surface area contributed by atoms with E-state index in [1.807, 2.05) is 31.2 Å². The number of phenols is 1. The van der Waals surface area contributed by atoms with E-state index < -0.39 is 61.0 Å². The average Bonchev–Trinajstić information content (AvgIpc) is 2.98. The number of benzene rings is 3. The molecule has 8 atom stereocenters. The standard InChI is InChI=1S/C32H36FNO8/c1-17-2-9-21(10-3-17)34-28(23(32(34)41)12-13-24(36)19-5-7-20(33)8-6-19)22-11-4-18(14-25(22)37)15-26-29(38)31(40)30(39)27(16-35)42-26/h2-11,14,23-24,26-31,35-40H,12-13,15-16H2,1H3/t23-,24+,26+,27?,28-,29?,30-,31?/m1/s1. The minimum Gasteiger partial charge on any atom is -0.508 e. The van der Waals surface area contributed by atoms with Crippen LogP contribution in [0.3, 0.4) is 0 Å². The number of halogens is 1. The van der Waals surface area contributed by atoms with E-state index >= 15 is 0 Å². The summed E-state index contributed by atoms with van der Waals surface area (Å²) in [5.74, 6) is -1.14. The monoisotopic (exact) mass is 581 g/mol. The molecule has 0 bridgehead atoms. The minimum absolute atomic E-state index is 0.0733. The fourth-order valence-corrected chi connectivity index (χ4v) is 5.91. The Hall–Kier alpha value is -3.38. The highest BCUT2D eigenvalue weighted by Crippen LogP contribution is 2.48. The molecule has 0 aliphatic carbocycles. The number of hydrogen-bond acceptors (Lipinski definition) is 8. The third-order valence-electron chi connectivity index (χ3n) is 8.37. The van der Waals surface area contributed by atoms with Crippen LogP contribution in [0, 0.1) is 18.7 Å². The zero-order chi connectivity index (χ0) is 30.1. The summed E-state index contributed by atoms with van der Waals surface area (Å²) in [6.07, 6.45) is -6.52. The summed E-state index contributed by atoms with van der Waals surface area (Å²) < 4.78 is 18.9. The van der Waals surface area contributed by atoms with E-state index in [0.717, 1.165) is 5.56 Å². The second-order valence-corrected chi connectivity index (χ2v) is 11.2. The number of phenolic OH excluding ortho intramolecular Hbond substituents is 1. The van der Waals surface area contributed by atoms with Crippen LogP contribution in [0.4, 0.5) is 10.1 Å². The van der Waals surface area contributed by atoms with Gasteiger partial charge >= 0.3 is 0 Å². The zero-order valence-electron chi connectivity index (χ0n) is 23.1. The highest BCUT2D eigenvalue weighted by Gasteiger charge is 2.49. The topological polar surface area (TPSA) is 151 Å². The van der Waals surface area contributed by atoms with Gasteiger partial charge in [-0.1, -0.05) is 42.0 Å². The van der Waals surface area contributed by atoms with Crippen LogP contribution >= 0.6 is 0 Å². The molecule has 224 valence electrons. The molecular formula is C32H36FNO8. The SMILES string of the molecule is Cc1ccc(N2C(=O)[C@H](CC[C@H](O)c3ccc(F)cc3)[C@H]2c2ccc(C[C@@H]3OC(CO)[C@@H](O)C(O)C3O)cc2O)cc1. The molecule has 5 rings (SSSR count). The Morgan fingerprint density at radius 2 is 1.60 bits per heavy atom. The van der Waals surface area contributed by atoms with E-state index in [9.17, 15) is 39.8 Å². The predicted molar refractivity (Wildman–Crippen MR) is 151 cm³/mol. The molecule has 2 aliphatic heterocycles. The zero-order valence-corrected chi connectivity index (χ0v) is 23.1. The van der Waals surface area contributed by atoms with Crippen molar-refractivity contribution in [2.24, 2.45) is 5.92 Å². The van der Waals surface area contributed by atoms with E-state index in [4.69, 9.17) is 4.74 Å². The van der Waals surface area contributed by atoms with E-state index in [-0.39, 0.29) is 24.5 Å². The van der Waals surface area contributed by atoms with Gasteiger partial charge in [0.15, 0.2) is 0 Å². The lowest BCUT2D eigenvalue weighted by Crippen LogP contribution is -2.59. The van der Waals surface area contributed by atoms with Crippen LogP contribution < -0.4 is 4.90 Å². The fraction of sp³-hybridized carbons (Fsp3) is 0.406. The molecule has 2 fully saturated rings. The highest BCUT2D eigenvalue weighted by atomic mass is 19.1. The van der Waals surface area contributed by atoms with Gasteiger partial charge in [0.1, 0.15) is 36.0 Å². The van der Waals surface area contributed by atoms with Crippen LogP contribution in [0.1, 0.15) is 47.2 Å². The molecule has 0 spiro atoms.